The van der Waals surface area contributed by atoms with Crippen molar-refractivity contribution in [3.8, 4) is 0 Å². The molecule has 0 spiro atoms. The summed E-state index contributed by atoms with van der Waals surface area (Å²) >= 11 is 0. The molecule has 2 rings (SSSR count). The van der Waals surface area contributed by atoms with E-state index in [0.717, 1.165) is 44.7 Å². The van der Waals surface area contributed by atoms with Crippen LogP contribution in [0.25, 0.3) is 0 Å². The van der Waals surface area contributed by atoms with E-state index < -0.39 is 11.7 Å². The van der Waals surface area contributed by atoms with Gasteiger partial charge in [0, 0.05) is 18.8 Å². The average Bonchev–Trinajstić information content (AvgIpc) is 2.40. The van der Waals surface area contributed by atoms with Gasteiger partial charge in [0.05, 0.1) is 5.56 Å². The van der Waals surface area contributed by atoms with Crippen LogP contribution in [0.15, 0.2) is 18.3 Å². The lowest BCUT2D eigenvalue weighted by atomic mass is 10.0. The van der Waals surface area contributed by atoms with E-state index in [1.807, 2.05) is 6.92 Å². The molecule has 1 saturated heterocycles. The van der Waals surface area contributed by atoms with E-state index in [4.69, 9.17) is 0 Å². The highest BCUT2D eigenvalue weighted by atomic mass is 19.4. The van der Waals surface area contributed by atoms with Gasteiger partial charge in [0.1, 0.15) is 5.82 Å². The van der Waals surface area contributed by atoms with Crippen LogP contribution in [-0.2, 0) is 6.18 Å². The summed E-state index contributed by atoms with van der Waals surface area (Å²) < 4.78 is 37.5. The van der Waals surface area contributed by atoms with Gasteiger partial charge in [0.25, 0.3) is 0 Å². The van der Waals surface area contributed by atoms with Gasteiger partial charge in [-0.05, 0) is 45.0 Å². The van der Waals surface area contributed by atoms with Crippen LogP contribution in [0.5, 0.6) is 0 Å². The third kappa shape index (κ3) is 3.37. The van der Waals surface area contributed by atoms with E-state index in [9.17, 15) is 13.2 Å². The molecule has 0 aliphatic carbocycles. The van der Waals surface area contributed by atoms with Crippen molar-refractivity contribution in [2.24, 2.45) is 0 Å². The highest BCUT2D eigenvalue weighted by Crippen LogP contribution is 2.30. The molecule has 1 fully saturated rings. The Bertz CT molecular complexity index is 397. The van der Waals surface area contributed by atoms with Crippen LogP contribution in [-0.4, -0.2) is 30.7 Å². The second-order valence-corrected chi connectivity index (χ2v) is 4.67. The Morgan fingerprint density at radius 3 is 2.47 bits per heavy atom. The molecule has 0 atom stereocenters. The molecule has 0 saturated carbocycles. The van der Waals surface area contributed by atoms with Crippen molar-refractivity contribution in [3.63, 3.8) is 0 Å². The number of hydrogen-bond donors (Lipinski definition) is 1. The molecule has 1 aromatic heterocycles. The van der Waals surface area contributed by atoms with Gasteiger partial charge in [0.15, 0.2) is 0 Å². The number of anilines is 1. The molecule has 19 heavy (non-hydrogen) atoms. The molecule has 0 radical (unpaired) electrons. The highest BCUT2D eigenvalue weighted by molar-refractivity contribution is 5.41. The lowest BCUT2D eigenvalue weighted by Gasteiger charge is -2.34. The number of piperidine rings is 1. The van der Waals surface area contributed by atoms with Gasteiger partial charge in [-0.3, -0.25) is 0 Å². The molecule has 1 aliphatic heterocycles. The predicted octanol–water partition coefficient (Wildman–Crippen LogP) is 2.68. The summed E-state index contributed by atoms with van der Waals surface area (Å²) in [5.41, 5.74) is -0.697. The Kier molecular flexibility index (Phi) is 4.29. The van der Waals surface area contributed by atoms with E-state index in [2.05, 4.69) is 15.2 Å². The predicted molar refractivity (Wildman–Crippen MR) is 68.2 cm³/mol. The average molecular weight is 273 g/mol. The van der Waals surface area contributed by atoms with Crippen LogP contribution in [0.2, 0.25) is 0 Å². The van der Waals surface area contributed by atoms with Crippen molar-refractivity contribution in [1.82, 2.24) is 10.3 Å². The number of nitrogens with zero attached hydrogens (tertiary/aromatic N) is 2. The van der Waals surface area contributed by atoms with Gasteiger partial charge in [-0.1, -0.05) is 0 Å². The number of hydrogen-bond acceptors (Lipinski definition) is 3. The number of rotatable bonds is 3. The molecule has 0 amide bonds. The first-order valence-electron chi connectivity index (χ1n) is 6.53. The zero-order chi connectivity index (χ0) is 13.9. The normalized spacial score (nSPS) is 17.5. The Labute approximate surface area is 110 Å². The quantitative estimate of drug-likeness (QED) is 0.917. The fourth-order valence-corrected chi connectivity index (χ4v) is 2.45. The van der Waals surface area contributed by atoms with Crippen molar-refractivity contribution >= 4 is 5.82 Å². The van der Waals surface area contributed by atoms with Crippen molar-refractivity contribution in [2.75, 3.05) is 24.5 Å². The molecular weight excluding hydrogens is 255 g/mol. The maximum atomic E-state index is 12.5. The maximum Gasteiger partial charge on any atom is 0.417 e. The topological polar surface area (TPSA) is 28.2 Å². The van der Waals surface area contributed by atoms with Gasteiger partial charge < -0.3 is 10.2 Å². The summed E-state index contributed by atoms with van der Waals surface area (Å²) in [7, 11) is 0. The molecule has 1 N–H and O–H groups in total. The Morgan fingerprint density at radius 2 is 2.00 bits per heavy atom. The largest absolute Gasteiger partial charge is 0.417 e. The highest BCUT2D eigenvalue weighted by Gasteiger charge is 2.31. The summed E-state index contributed by atoms with van der Waals surface area (Å²) in [4.78, 5) is 6.06. The summed E-state index contributed by atoms with van der Waals surface area (Å²) in [6.07, 6.45) is -1.41. The summed E-state index contributed by atoms with van der Waals surface area (Å²) in [6.45, 7) is 4.65. The Morgan fingerprint density at radius 1 is 1.32 bits per heavy atom. The third-order valence-corrected chi connectivity index (χ3v) is 3.46. The minimum Gasteiger partial charge on any atom is -0.354 e. The summed E-state index contributed by atoms with van der Waals surface area (Å²) in [5.74, 6) is 0.627. The minimum atomic E-state index is -4.32. The van der Waals surface area contributed by atoms with Crippen LogP contribution in [0.4, 0.5) is 19.0 Å². The lowest BCUT2D eigenvalue weighted by Crippen LogP contribution is -2.43. The molecule has 0 bridgehead atoms. The SMILES string of the molecule is CCN(c1ccc(C(F)(F)F)cn1)C1CCNCC1. The first kappa shape index (κ1) is 14.1. The van der Waals surface area contributed by atoms with Gasteiger partial charge >= 0.3 is 6.18 Å². The van der Waals surface area contributed by atoms with Crippen LogP contribution in [0, 0.1) is 0 Å². The Balaban J connectivity index is 2.14. The molecule has 2 heterocycles. The number of alkyl halides is 3. The van der Waals surface area contributed by atoms with E-state index >= 15 is 0 Å². The molecule has 106 valence electrons. The second-order valence-electron chi connectivity index (χ2n) is 4.67. The monoisotopic (exact) mass is 273 g/mol. The number of nitrogens with one attached hydrogen (secondary N) is 1. The zero-order valence-electron chi connectivity index (χ0n) is 10.9. The van der Waals surface area contributed by atoms with E-state index in [1.165, 1.54) is 6.07 Å². The second kappa shape index (κ2) is 5.77. The molecule has 0 aromatic carbocycles. The van der Waals surface area contributed by atoms with Gasteiger partial charge in [-0.15, -0.1) is 0 Å². The fourth-order valence-electron chi connectivity index (χ4n) is 2.45. The van der Waals surface area contributed by atoms with Crippen molar-refractivity contribution in [2.45, 2.75) is 32.0 Å². The first-order chi connectivity index (χ1) is 9.02. The van der Waals surface area contributed by atoms with Crippen molar-refractivity contribution < 1.29 is 13.2 Å². The molecule has 0 unspecified atom stereocenters. The third-order valence-electron chi connectivity index (χ3n) is 3.46. The smallest absolute Gasteiger partial charge is 0.354 e. The molecule has 6 heteroatoms. The van der Waals surface area contributed by atoms with E-state index in [0.29, 0.717) is 11.9 Å². The van der Waals surface area contributed by atoms with Crippen LogP contribution in [0.3, 0.4) is 0 Å². The van der Waals surface area contributed by atoms with Crippen molar-refractivity contribution in [1.29, 1.82) is 0 Å². The van der Waals surface area contributed by atoms with Crippen LogP contribution >= 0.6 is 0 Å². The molecule has 1 aromatic rings. The fraction of sp³-hybridized carbons (Fsp3) is 0.615. The van der Waals surface area contributed by atoms with E-state index in [1.54, 1.807) is 0 Å². The molecule has 3 nitrogen and oxygen atoms in total. The van der Waals surface area contributed by atoms with Gasteiger partial charge in [-0.25, -0.2) is 4.98 Å². The first-order valence-corrected chi connectivity index (χ1v) is 6.53. The molecular formula is C13H18F3N3. The number of aromatic nitrogens is 1. The lowest BCUT2D eigenvalue weighted by molar-refractivity contribution is -0.137. The zero-order valence-corrected chi connectivity index (χ0v) is 10.9. The van der Waals surface area contributed by atoms with Gasteiger partial charge in [-0.2, -0.15) is 13.2 Å². The summed E-state index contributed by atoms with van der Waals surface area (Å²) in [6, 6.07) is 2.93. The number of halogens is 3. The minimum absolute atomic E-state index is 0.357. The molecule has 1 aliphatic rings. The summed E-state index contributed by atoms with van der Waals surface area (Å²) in [5, 5.41) is 3.28. The Hall–Kier alpha value is -1.30. The van der Waals surface area contributed by atoms with E-state index in [-0.39, 0.29) is 0 Å². The van der Waals surface area contributed by atoms with Crippen LogP contribution < -0.4 is 10.2 Å². The van der Waals surface area contributed by atoms with Gasteiger partial charge in [0.2, 0.25) is 0 Å². The van der Waals surface area contributed by atoms with Crippen LogP contribution in [0.1, 0.15) is 25.3 Å². The standard InChI is InChI=1S/C13H18F3N3/c1-2-19(11-5-7-17-8-6-11)12-4-3-10(9-18-12)13(14,15)16/h3-4,9,11,17H,2,5-8H2,1H3. The van der Waals surface area contributed by atoms with Crippen molar-refractivity contribution in [3.05, 3.63) is 23.9 Å². The maximum absolute atomic E-state index is 12.5. The number of pyridine rings is 1.